The molecule has 0 radical (unpaired) electrons. The van der Waals surface area contributed by atoms with Crippen LogP contribution >= 0.6 is 11.3 Å². The van der Waals surface area contributed by atoms with Crippen LogP contribution in [0.4, 0.5) is 14.7 Å². The number of aliphatic hydroxyl groups excluding tert-OH is 1. The van der Waals surface area contributed by atoms with Gasteiger partial charge in [0, 0.05) is 86.1 Å². The summed E-state index contributed by atoms with van der Waals surface area (Å²) in [6.45, 7) is 9.50. The minimum absolute atomic E-state index is 0.0124. The van der Waals surface area contributed by atoms with Crippen molar-refractivity contribution in [1.82, 2.24) is 50.2 Å². The second kappa shape index (κ2) is 23.4. The van der Waals surface area contributed by atoms with Gasteiger partial charge in [0.05, 0.1) is 53.7 Å². The van der Waals surface area contributed by atoms with E-state index in [1.165, 1.54) is 22.0 Å². The number of aromatic amines is 1. The van der Waals surface area contributed by atoms with Gasteiger partial charge < -0.3 is 40.4 Å². The summed E-state index contributed by atoms with van der Waals surface area (Å²) >= 11 is 1.56. The number of ketones is 1. The fourth-order valence-corrected chi connectivity index (χ4v) is 9.03. The molecule has 0 aliphatic carbocycles. The van der Waals surface area contributed by atoms with Crippen molar-refractivity contribution in [2.24, 2.45) is 11.3 Å². The summed E-state index contributed by atoms with van der Waals surface area (Å²) in [4.78, 5) is 76.5. The summed E-state index contributed by atoms with van der Waals surface area (Å²) in [6, 6.07) is 12.0. The van der Waals surface area contributed by atoms with Crippen LogP contribution in [0.15, 0.2) is 72.8 Å². The highest BCUT2D eigenvalue weighted by Crippen LogP contribution is 2.35. The zero-order valence-corrected chi connectivity index (χ0v) is 40.6. The van der Waals surface area contributed by atoms with E-state index in [0.29, 0.717) is 28.2 Å². The number of carbonyl (C=O) groups excluding carboxylic acids is 4. The number of alkyl halides is 2. The second-order valence-corrected chi connectivity index (χ2v) is 19.1. The molecule has 0 spiro atoms. The zero-order valence-electron chi connectivity index (χ0n) is 39.8. The largest absolute Gasteiger partial charge is 0.391 e. The lowest BCUT2D eigenvalue weighted by atomic mass is 9.77. The van der Waals surface area contributed by atoms with E-state index in [-0.39, 0.29) is 101 Å². The molecule has 1 aromatic carbocycles. The monoisotopic (exact) mass is 983 g/mol. The molecule has 0 unspecified atom stereocenters. The molecule has 0 bridgehead atoms. The van der Waals surface area contributed by atoms with Crippen molar-refractivity contribution < 1.29 is 42.5 Å². The van der Waals surface area contributed by atoms with Crippen molar-refractivity contribution in [2.45, 2.75) is 85.0 Å². The Kier molecular flexibility index (Phi) is 17.1. The summed E-state index contributed by atoms with van der Waals surface area (Å²) < 4.78 is 39.0. The van der Waals surface area contributed by atoms with Crippen LogP contribution in [0.3, 0.4) is 0 Å². The second-order valence-electron chi connectivity index (χ2n) is 18.3. The number of ether oxygens (including phenoxy) is 2. The predicted octanol–water partition coefficient (Wildman–Crippen LogP) is 5.99. The lowest BCUT2D eigenvalue weighted by molar-refractivity contribution is -0.147. The molecular weight excluding hydrogens is 925 g/mol. The fraction of sp³-hybridized carbons (Fsp3) is 0.449. The maximum Gasteiger partial charge on any atom is 0.257 e. The number of benzene rings is 1. The van der Waals surface area contributed by atoms with Gasteiger partial charge in [-0.15, -0.1) is 11.3 Å². The van der Waals surface area contributed by atoms with Gasteiger partial charge in [0.1, 0.15) is 30.5 Å². The van der Waals surface area contributed by atoms with Gasteiger partial charge in [0.25, 0.3) is 6.43 Å². The molecule has 5 N–H and O–H groups in total. The molecule has 4 atom stereocenters. The lowest BCUT2D eigenvalue weighted by Crippen LogP contribution is -2.50. The van der Waals surface area contributed by atoms with Crippen molar-refractivity contribution in [2.75, 3.05) is 51.4 Å². The number of hydrogen-bond acceptors (Lipinski definition) is 14. The molecule has 3 amide bonds. The van der Waals surface area contributed by atoms with Crippen molar-refractivity contribution in [3.63, 3.8) is 0 Å². The van der Waals surface area contributed by atoms with E-state index in [4.69, 9.17) is 9.47 Å². The maximum atomic E-state index is 14.1. The number of aromatic nitrogens is 7. The Morgan fingerprint density at radius 1 is 1.00 bits per heavy atom. The molecule has 1 fully saturated rings. The van der Waals surface area contributed by atoms with Crippen LogP contribution in [0.2, 0.25) is 0 Å². The molecule has 5 aromatic heterocycles. The number of aliphatic hydroxyl groups is 1. The first kappa shape index (κ1) is 51.3. The number of rotatable bonds is 23. The van der Waals surface area contributed by atoms with Crippen LogP contribution in [-0.4, -0.2) is 133 Å². The molecule has 7 rings (SSSR count). The molecular formula is C49H59F2N11O7S. The summed E-state index contributed by atoms with van der Waals surface area (Å²) in [5.74, 6) is -1.80. The Morgan fingerprint density at radius 2 is 1.79 bits per heavy atom. The highest BCUT2D eigenvalue weighted by Gasteiger charge is 2.44. The molecule has 6 aromatic rings. The third-order valence-electron chi connectivity index (χ3n) is 11.9. The standard InChI is InChI=1S/C49H59F2N11O7S/c1-29(31-6-8-32(9-7-31)44-30(2)57-28-70-44)58-46(66)40-22-35(63)24-62(40)47(67)38(49(3,4)5)21-36(64)27-69-19-18-68-17-16-52-42(65)12-15-55-48-54-14-11-39(59-48)37-25-61(26-41(50)51)60-43(37)34-20-33-10-13-53-45(33)56-23-34/h6-11,13-14,20,23,25,28-29,35,38,40-41,63H,12,15-19,21-22,24,26-27H2,1-5H3,(H,52,65)(H,53,56)(H,58,66)(H,54,55,59)/t29-,35+,38-,40-/m0/s1. The van der Waals surface area contributed by atoms with Gasteiger partial charge in [-0.25, -0.2) is 28.7 Å². The Hall–Kier alpha value is -6.55. The number of carbonyl (C=O) groups is 4. The van der Waals surface area contributed by atoms with Gasteiger partial charge in [-0.1, -0.05) is 45.0 Å². The smallest absolute Gasteiger partial charge is 0.257 e. The number of H-pyrrole nitrogens is 1. The van der Waals surface area contributed by atoms with Crippen molar-refractivity contribution in [3.05, 3.63) is 84.0 Å². The highest BCUT2D eigenvalue weighted by molar-refractivity contribution is 7.13. The number of pyridine rings is 1. The number of amides is 3. The first-order chi connectivity index (χ1) is 33.5. The molecule has 1 saturated heterocycles. The van der Waals surface area contributed by atoms with E-state index in [1.807, 2.05) is 71.0 Å². The minimum Gasteiger partial charge on any atom is -0.391 e. The van der Waals surface area contributed by atoms with Crippen molar-refractivity contribution >= 4 is 51.8 Å². The topological polar surface area (TPSA) is 231 Å². The Balaban J connectivity index is 0.798. The molecule has 21 heteroatoms. The predicted molar refractivity (Wildman–Crippen MR) is 260 cm³/mol. The average Bonchev–Trinajstić information content (AvgIpc) is 4.15. The van der Waals surface area contributed by atoms with Crippen LogP contribution in [0.25, 0.3) is 44.0 Å². The Labute approximate surface area is 408 Å². The van der Waals surface area contributed by atoms with E-state index < -0.39 is 36.4 Å². The first-order valence-corrected chi connectivity index (χ1v) is 24.0. The van der Waals surface area contributed by atoms with E-state index in [1.54, 1.807) is 35.3 Å². The number of nitrogens with one attached hydrogen (secondary N) is 4. The number of hydrogen-bond donors (Lipinski definition) is 5. The third-order valence-corrected chi connectivity index (χ3v) is 12.9. The molecule has 1 aliphatic heterocycles. The molecule has 0 saturated carbocycles. The normalized spacial score (nSPS) is 15.9. The van der Waals surface area contributed by atoms with E-state index in [0.717, 1.165) is 27.1 Å². The third kappa shape index (κ3) is 13.4. The SMILES string of the molecule is Cc1ncsc1-c1ccc([C@H](C)NC(=O)[C@@H]2C[C@@H](O)CN2C(=O)[C@H](CC(=O)COCCOCCNC(=O)CCNc2nccc(-c3cn(CC(F)F)nc3-c3cnc4[nH]ccc4c3)n2)C(C)(C)C)cc1. The summed E-state index contributed by atoms with van der Waals surface area (Å²) in [6.07, 6.45) is 3.02. The molecule has 6 heterocycles. The number of halogens is 2. The molecule has 18 nitrogen and oxygen atoms in total. The van der Waals surface area contributed by atoms with Crippen LogP contribution < -0.4 is 16.0 Å². The first-order valence-electron chi connectivity index (χ1n) is 23.1. The number of nitrogens with zero attached hydrogens (tertiary/aromatic N) is 7. The average molecular weight is 984 g/mol. The molecule has 372 valence electrons. The van der Waals surface area contributed by atoms with Gasteiger partial charge in [-0.2, -0.15) is 5.10 Å². The van der Waals surface area contributed by atoms with Crippen LogP contribution in [0, 0.1) is 18.3 Å². The van der Waals surface area contributed by atoms with Gasteiger partial charge in [0.15, 0.2) is 5.78 Å². The Morgan fingerprint density at radius 3 is 2.53 bits per heavy atom. The maximum absolute atomic E-state index is 14.1. The number of anilines is 1. The van der Waals surface area contributed by atoms with Crippen molar-refractivity contribution in [1.29, 1.82) is 0 Å². The van der Waals surface area contributed by atoms with E-state index in [9.17, 15) is 33.1 Å². The summed E-state index contributed by atoms with van der Waals surface area (Å²) in [7, 11) is 0. The fourth-order valence-electron chi connectivity index (χ4n) is 8.22. The van der Waals surface area contributed by atoms with Gasteiger partial charge in [0.2, 0.25) is 23.7 Å². The number of likely N-dealkylation sites (tertiary alicyclic amines) is 1. The van der Waals surface area contributed by atoms with E-state index in [2.05, 4.69) is 46.0 Å². The van der Waals surface area contributed by atoms with E-state index >= 15 is 0 Å². The van der Waals surface area contributed by atoms with Crippen LogP contribution in [0.1, 0.15) is 64.3 Å². The van der Waals surface area contributed by atoms with Gasteiger partial charge in [-0.3, -0.25) is 23.9 Å². The molecule has 1 aliphatic rings. The lowest BCUT2D eigenvalue weighted by Gasteiger charge is -2.35. The highest BCUT2D eigenvalue weighted by atomic mass is 32.1. The minimum atomic E-state index is -2.61. The van der Waals surface area contributed by atoms with Gasteiger partial charge in [-0.05, 0) is 48.6 Å². The summed E-state index contributed by atoms with van der Waals surface area (Å²) in [5, 5.41) is 24.7. The number of thiazole rings is 1. The van der Waals surface area contributed by atoms with Crippen molar-refractivity contribution in [3.8, 4) is 33.0 Å². The number of β-amino-alcohol motifs (C(OH)–C–C–N with tert-alkyl or cyclic N) is 1. The Bertz CT molecular complexity index is 2740. The number of Topliss-reactive ketones (excluding diaryl/α,β-unsaturated/α-hetero) is 1. The van der Waals surface area contributed by atoms with Crippen LogP contribution in [-0.2, 0) is 35.2 Å². The zero-order chi connectivity index (χ0) is 50.0. The summed E-state index contributed by atoms with van der Waals surface area (Å²) in [5.41, 5.74) is 6.77. The molecule has 70 heavy (non-hydrogen) atoms. The van der Waals surface area contributed by atoms with Crippen LogP contribution in [0.5, 0.6) is 0 Å². The number of fused-ring (bicyclic) bond motifs is 1. The van der Waals surface area contributed by atoms with Gasteiger partial charge >= 0.3 is 0 Å². The quantitative estimate of drug-likeness (QED) is 0.0465. The number of aryl methyl sites for hydroxylation is 1.